The first kappa shape index (κ1) is 16.5. The van der Waals surface area contributed by atoms with E-state index in [0.29, 0.717) is 0 Å². The topological polar surface area (TPSA) is 84.7 Å². The average Bonchev–Trinajstić information content (AvgIpc) is 2.88. The van der Waals surface area contributed by atoms with Crippen LogP contribution in [0, 0.1) is 6.92 Å². The van der Waals surface area contributed by atoms with Crippen LogP contribution in [0.4, 0.5) is 10.6 Å². The molecule has 0 bridgehead atoms. The number of hydrogen-bond acceptors (Lipinski definition) is 6. The summed E-state index contributed by atoms with van der Waals surface area (Å²) in [5, 5.41) is 11.3. The molecule has 130 valence electrons. The molecule has 0 aliphatic carbocycles. The van der Waals surface area contributed by atoms with Crippen LogP contribution in [0.3, 0.4) is 0 Å². The maximum Gasteiger partial charge on any atom is 0.407 e. The highest BCUT2D eigenvalue weighted by Gasteiger charge is 2.25. The van der Waals surface area contributed by atoms with Gasteiger partial charge in [0.1, 0.15) is 11.4 Å². The maximum absolute atomic E-state index is 11.9. The van der Waals surface area contributed by atoms with Gasteiger partial charge in [-0.3, -0.25) is 4.40 Å². The highest BCUT2D eigenvalue weighted by molar-refractivity contribution is 5.68. The van der Waals surface area contributed by atoms with Gasteiger partial charge in [-0.2, -0.15) is 0 Å². The van der Waals surface area contributed by atoms with Crippen LogP contribution in [0.1, 0.15) is 39.4 Å². The molecule has 1 N–H and O–H groups in total. The lowest BCUT2D eigenvalue weighted by Gasteiger charge is -2.33. The number of carbonyl (C=O) groups excluding carboxylic acids is 1. The Morgan fingerprint density at radius 1 is 1.29 bits per heavy atom. The quantitative estimate of drug-likeness (QED) is 0.904. The molecule has 0 atom stereocenters. The maximum atomic E-state index is 11.9. The Balaban J connectivity index is 1.62. The van der Waals surface area contributed by atoms with Crippen molar-refractivity contribution in [2.45, 2.75) is 52.2 Å². The summed E-state index contributed by atoms with van der Waals surface area (Å²) in [4.78, 5) is 18.5. The number of fused-ring (bicyclic) bond motifs is 1. The predicted octanol–water partition coefficient (Wildman–Crippen LogP) is 1.93. The van der Waals surface area contributed by atoms with Crippen LogP contribution >= 0.6 is 0 Å². The van der Waals surface area contributed by atoms with Gasteiger partial charge >= 0.3 is 6.09 Å². The third-order valence-electron chi connectivity index (χ3n) is 3.99. The van der Waals surface area contributed by atoms with Crippen molar-refractivity contribution in [2.75, 3.05) is 18.0 Å². The number of anilines is 1. The van der Waals surface area contributed by atoms with Crippen LogP contribution in [0.15, 0.2) is 12.4 Å². The second-order valence-corrected chi connectivity index (χ2v) is 7.10. The minimum Gasteiger partial charge on any atom is -0.444 e. The van der Waals surface area contributed by atoms with Gasteiger partial charge < -0.3 is 15.0 Å². The smallest absolute Gasteiger partial charge is 0.407 e. The van der Waals surface area contributed by atoms with E-state index in [4.69, 9.17) is 4.74 Å². The van der Waals surface area contributed by atoms with Crippen molar-refractivity contribution in [3.8, 4) is 0 Å². The highest BCUT2D eigenvalue weighted by atomic mass is 16.6. The number of aromatic nitrogens is 4. The van der Waals surface area contributed by atoms with E-state index in [-0.39, 0.29) is 12.1 Å². The van der Waals surface area contributed by atoms with Gasteiger partial charge in [0.25, 0.3) is 0 Å². The standard InChI is InChI=1S/C16H24N6O2/c1-11-19-20-14-13(17-7-10-22(11)14)21-8-5-12(6-9-21)18-15(23)24-16(2,3)4/h7,10,12H,5-6,8-9H2,1-4H3,(H,18,23). The van der Waals surface area contributed by atoms with Gasteiger partial charge in [-0.1, -0.05) is 0 Å². The van der Waals surface area contributed by atoms with Crippen molar-refractivity contribution in [3.63, 3.8) is 0 Å². The molecule has 1 amide bonds. The largest absolute Gasteiger partial charge is 0.444 e. The van der Waals surface area contributed by atoms with Gasteiger partial charge in [-0.25, -0.2) is 9.78 Å². The van der Waals surface area contributed by atoms with Crippen LogP contribution in [0.2, 0.25) is 0 Å². The van der Waals surface area contributed by atoms with E-state index in [9.17, 15) is 4.79 Å². The summed E-state index contributed by atoms with van der Waals surface area (Å²) in [6.07, 6.45) is 4.97. The summed E-state index contributed by atoms with van der Waals surface area (Å²) >= 11 is 0. The molecule has 0 spiro atoms. The van der Waals surface area contributed by atoms with Crippen molar-refractivity contribution < 1.29 is 9.53 Å². The molecule has 3 rings (SSSR count). The molecule has 24 heavy (non-hydrogen) atoms. The number of carbonyl (C=O) groups is 1. The number of aryl methyl sites for hydroxylation is 1. The summed E-state index contributed by atoms with van der Waals surface area (Å²) in [5.41, 5.74) is 0.296. The third kappa shape index (κ3) is 3.58. The zero-order chi connectivity index (χ0) is 17.3. The molecule has 2 aromatic heterocycles. The van der Waals surface area contributed by atoms with E-state index in [1.54, 1.807) is 6.20 Å². The first-order chi connectivity index (χ1) is 11.3. The molecule has 0 aromatic carbocycles. The van der Waals surface area contributed by atoms with Crippen LogP contribution < -0.4 is 10.2 Å². The van der Waals surface area contributed by atoms with Crippen LogP contribution in [0.25, 0.3) is 5.65 Å². The summed E-state index contributed by atoms with van der Waals surface area (Å²) in [6, 6.07) is 0.121. The summed E-state index contributed by atoms with van der Waals surface area (Å²) in [6.45, 7) is 9.12. The first-order valence-corrected chi connectivity index (χ1v) is 8.24. The minimum atomic E-state index is -0.476. The first-order valence-electron chi connectivity index (χ1n) is 8.24. The summed E-state index contributed by atoms with van der Waals surface area (Å²) in [5.74, 6) is 1.68. The van der Waals surface area contributed by atoms with Gasteiger partial charge in [-0.15, -0.1) is 10.2 Å². The zero-order valence-electron chi connectivity index (χ0n) is 14.6. The number of hydrogen-bond donors (Lipinski definition) is 1. The molecule has 8 heteroatoms. The van der Waals surface area contributed by atoms with E-state index in [2.05, 4.69) is 25.4 Å². The van der Waals surface area contributed by atoms with Crippen molar-refractivity contribution >= 4 is 17.6 Å². The lowest BCUT2D eigenvalue weighted by Crippen LogP contribution is -2.46. The van der Waals surface area contributed by atoms with Gasteiger partial charge in [-0.05, 0) is 40.5 Å². The van der Waals surface area contributed by atoms with Crippen LogP contribution in [-0.2, 0) is 4.74 Å². The summed E-state index contributed by atoms with van der Waals surface area (Å²) in [7, 11) is 0. The molecular formula is C16H24N6O2. The average molecular weight is 332 g/mol. The van der Waals surface area contributed by atoms with E-state index < -0.39 is 5.60 Å². The number of rotatable bonds is 2. The number of ether oxygens (including phenoxy) is 1. The van der Waals surface area contributed by atoms with E-state index in [1.165, 1.54) is 0 Å². The predicted molar refractivity (Wildman–Crippen MR) is 90.1 cm³/mol. The lowest BCUT2D eigenvalue weighted by molar-refractivity contribution is 0.0497. The van der Waals surface area contributed by atoms with Gasteiger partial charge in [0.2, 0.25) is 5.65 Å². The fourth-order valence-electron chi connectivity index (χ4n) is 2.86. The lowest BCUT2D eigenvalue weighted by atomic mass is 10.1. The molecule has 3 heterocycles. The Hall–Kier alpha value is -2.38. The Bertz CT molecular complexity index is 728. The number of alkyl carbamates (subject to hydrolysis) is 1. The third-order valence-corrected chi connectivity index (χ3v) is 3.99. The SMILES string of the molecule is Cc1nnc2c(N3CCC(NC(=O)OC(C)(C)C)CC3)nccn12. The Morgan fingerprint density at radius 2 is 2.00 bits per heavy atom. The molecule has 0 radical (unpaired) electrons. The number of nitrogens with one attached hydrogen (secondary N) is 1. The fraction of sp³-hybridized carbons (Fsp3) is 0.625. The molecule has 1 fully saturated rings. The Labute approximate surface area is 141 Å². The van der Waals surface area contributed by atoms with Crippen molar-refractivity contribution in [3.05, 3.63) is 18.2 Å². The molecule has 8 nitrogen and oxygen atoms in total. The van der Waals surface area contributed by atoms with E-state index >= 15 is 0 Å². The molecule has 2 aromatic rings. The molecular weight excluding hydrogens is 308 g/mol. The monoisotopic (exact) mass is 332 g/mol. The zero-order valence-corrected chi connectivity index (χ0v) is 14.6. The van der Waals surface area contributed by atoms with Gasteiger partial charge in [0.05, 0.1) is 0 Å². The van der Waals surface area contributed by atoms with E-state index in [0.717, 1.165) is 43.2 Å². The minimum absolute atomic E-state index is 0.121. The molecule has 1 saturated heterocycles. The van der Waals surface area contributed by atoms with Crippen molar-refractivity contribution in [1.29, 1.82) is 0 Å². The van der Waals surface area contributed by atoms with Gasteiger partial charge in [0.15, 0.2) is 5.82 Å². The molecule has 0 unspecified atom stereocenters. The molecule has 1 aliphatic rings. The highest BCUT2D eigenvalue weighted by Crippen LogP contribution is 2.22. The van der Waals surface area contributed by atoms with Crippen LogP contribution in [0.5, 0.6) is 0 Å². The fourth-order valence-corrected chi connectivity index (χ4v) is 2.86. The summed E-state index contributed by atoms with van der Waals surface area (Å²) < 4.78 is 7.25. The number of amides is 1. The van der Waals surface area contributed by atoms with E-state index in [1.807, 2.05) is 38.3 Å². The molecule has 1 aliphatic heterocycles. The van der Waals surface area contributed by atoms with Crippen molar-refractivity contribution in [2.24, 2.45) is 0 Å². The van der Waals surface area contributed by atoms with Gasteiger partial charge in [0, 0.05) is 31.5 Å². The normalized spacial score (nSPS) is 16.4. The Morgan fingerprint density at radius 3 is 2.67 bits per heavy atom. The molecule has 0 saturated carbocycles. The number of nitrogens with zero attached hydrogens (tertiary/aromatic N) is 5. The number of piperidine rings is 1. The van der Waals surface area contributed by atoms with Crippen LogP contribution in [-0.4, -0.2) is 50.4 Å². The van der Waals surface area contributed by atoms with Crippen molar-refractivity contribution in [1.82, 2.24) is 24.9 Å². The second kappa shape index (κ2) is 6.26. The second-order valence-electron chi connectivity index (χ2n) is 7.10. The Kier molecular flexibility index (Phi) is 4.29.